The number of carbonyl (C=O) groups excluding carboxylic acids is 2. The minimum atomic E-state index is -0.735. The van der Waals surface area contributed by atoms with E-state index in [1.54, 1.807) is 24.2 Å². The molecule has 9 nitrogen and oxygen atoms in total. The van der Waals surface area contributed by atoms with E-state index in [0.29, 0.717) is 24.4 Å². The fourth-order valence-electron chi connectivity index (χ4n) is 3.46. The molecule has 3 heterocycles. The predicted molar refractivity (Wildman–Crippen MR) is 119 cm³/mol. The van der Waals surface area contributed by atoms with E-state index >= 15 is 0 Å². The first-order valence-electron chi connectivity index (χ1n) is 10.2. The van der Waals surface area contributed by atoms with Crippen molar-refractivity contribution in [2.45, 2.75) is 25.9 Å². The van der Waals surface area contributed by atoms with Crippen molar-refractivity contribution in [1.29, 1.82) is 0 Å². The third-order valence-electron chi connectivity index (χ3n) is 4.91. The van der Waals surface area contributed by atoms with Gasteiger partial charge in [0.15, 0.2) is 0 Å². The number of rotatable bonds is 8. The molecule has 1 aromatic carbocycles. The SMILES string of the molecule is COc1cccc(CC(NC(C)=O)C(=O)Nc2cnn(Cc3cn4ccccc4n3)c2)c1. The summed E-state index contributed by atoms with van der Waals surface area (Å²) in [4.78, 5) is 29.1. The molecule has 2 N–H and O–H groups in total. The molecule has 32 heavy (non-hydrogen) atoms. The number of fused-ring (bicyclic) bond motifs is 1. The van der Waals surface area contributed by atoms with Crippen LogP contribution in [0.5, 0.6) is 5.75 Å². The molecule has 0 spiro atoms. The zero-order valence-corrected chi connectivity index (χ0v) is 17.9. The van der Waals surface area contributed by atoms with Crippen LogP contribution in [0.25, 0.3) is 5.65 Å². The Kier molecular flexibility index (Phi) is 6.16. The van der Waals surface area contributed by atoms with Gasteiger partial charge in [0.05, 0.1) is 31.2 Å². The topological polar surface area (TPSA) is 103 Å². The highest BCUT2D eigenvalue weighted by Crippen LogP contribution is 2.15. The minimum Gasteiger partial charge on any atom is -0.497 e. The number of pyridine rings is 1. The lowest BCUT2D eigenvalue weighted by atomic mass is 10.0. The van der Waals surface area contributed by atoms with E-state index in [9.17, 15) is 9.59 Å². The van der Waals surface area contributed by atoms with Crippen molar-refractivity contribution < 1.29 is 14.3 Å². The van der Waals surface area contributed by atoms with E-state index in [1.165, 1.54) is 6.92 Å². The average Bonchev–Trinajstić information content (AvgIpc) is 3.39. The summed E-state index contributed by atoms with van der Waals surface area (Å²) in [6.07, 6.45) is 7.52. The Morgan fingerprint density at radius 1 is 1.16 bits per heavy atom. The number of anilines is 1. The Morgan fingerprint density at radius 2 is 2.03 bits per heavy atom. The van der Waals surface area contributed by atoms with Gasteiger partial charge in [-0.05, 0) is 29.8 Å². The maximum Gasteiger partial charge on any atom is 0.247 e. The van der Waals surface area contributed by atoms with Crippen LogP contribution in [0.3, 0.4) is 0 Å². The number of hydrogen-bond acceptors (Lipinski definition) is 5. The molecule has 0 fully saturated rings. The molecule has 0 bridgehead atoms. The second-order valence-electron chi connectivity index (χ2n) is 7.42. The first-order chi connectivity index (χ1) is 15.5. The number of benzene rings is 1. The van der Waals surface area contributed by atoms with Gasteiger partial charge in [-0.25, -0.2) is 4.98 Å². The van der Waals surface area contributed by atoms with Crippen molar-refractivity contribution in [2.75, 3.05) is 12.4 Å². The molecule has 2 amide bonds. The van der Waals surface area contributed by atoms with Gasteiger partial charge in [-0.15, -0.1) is 0 Å². The van der Waals surface area contributed by atoms with Gasteiger partial charge in [0.1, 0.15) is 17.4 Å². The van der Waals surface area contributed by atoms with Crippen molar-refractivity contribution in [3.8, 4) is 5.75 Å². The summed E-state index contributed by atoms with van der Waals surface area (Å²) in [6.45, 7) is 1.86. The Bertz CT molecular complexity index is 1210. The number of aromatic nitrogens is 4. The number of methoxy groups -OCH3 is 1. The maximum absolute atomic E-state index is 12.9. The fraction of sp³-hybridized carbons (Fsp3) is 0.217. The summed E-state index contributed by atoms with van der Waals surface area (Å²) in [5.74, 6) is 0.0867. The number of nitrogens with zero attached hydrogens (tertiary/aromatic N) is 4. The highest BCUT2D eigenvalue weighted by atomic mass is 16.5. The molecule has 0 saturated carbocycles. The molecule has 164 valence electrons. The van der Waals surface area contributed by atoms with Gasteiger partial charge in [-0.2, -0.15) is 5.10 Å². The highest BCUT2D eigenvalue weighted by molar-refractivity contribution is 5.97. The summed E-state index contributed by atoms with van der Waals surface area (Å²) in [5.41, 5.74) is 3.13. The molecular formula is C23H24N6O3. The van der Waals surface area contributed by atoms with Crippen LogP contribution in [0.1, 0.15) is 18.2 Å². The molecule has 3 aromatic heterocycles. The zero-order valence-electron chi connectivity index (χ0n) is 17.9. The lowest BCUT2D eigenvalue weighted by Gasteiger charge is -2.17. The fourth-order valence-corrected chi connectivity index (χ4v) is 3.46. The standard InChI is InChI=1S/C23H24N6O3/c1-16(30)25-21(11-17-6-5-7-20(10-17)32-2)23(31)27-18-12-24-29(14-18)15-19-13-28-9-4-3-8-22(28)26-19/h3-10,12-14,21H,11,15H2,1-2H3,(H,25,30)(H,27,31). The van der Waals surface area contributed by atoms with Crippen molar-refractivity contribution in [1.82, 2.24) is 24.5 Å². The van der Waals surface area contributed by atoms with Crippen molar-refractivity contribution in [3.05, 3.63) is 78.5 Å². The number of amides is 2. The first-order valence-corrected chi connectivity index (χ1v) is 10.2. The third-order valence-corrected chi connectivity index (χ3v) is 4.91. The lowest BCUT2D eigenvalue weighted by molar-refractivity contribution is -0.125. The molecule has 4 aromatic rings. The highest BCUT2D eigenvalue weighted by Gasteiger charge is 2.21. The van der Waals surface area contributed by atoms with Gasteiger partial charge in [0, 0.05) is 31.9 Å². The smallest absolute Gasteiger partial charge is 0.247 e. The van der Waals surface area contributed by atoms with Crippen LogP contribution >= 0.6 is 0 Å². The van der Waals surface area contributed by atoms with Crippen LogP contribution in [0.4, 0.5) is 5.69 Å². The van der Waals surface area contributed by atoms with Gasteiger partial charge >= 0.3 is 0 Å². The third kappa shape index (κ3) is 5.12. The molecule has 1 atom stereocenters. The van der Waals surface area contributed by atoms with Crippen molar-refractivity contribution in [2.24, 2.45) is 0 Å². The van der Waals surface area contributed by atoms with E-state index in [4.69, 9.17) is 4.74 Å². The van der Waals surface area contributed by atoms with Gasteiger partial charge in [0.2, 0.25) is 11.8 Å². The largest absolute Gasteiger partial charge is 0.497 e. The molecule has 0 saturated heterocycles. The molecule has 0 aliphatic heterocycles. The van der Waals surface area contributed by atoms with Crippen LogP contribution in [0, 0.1) is 0 Å². The number of nitrogens with one attached hydrogen (secondary N) is 2. The first kappa shape index (κ1) is 21.1. The van der Waals surface area contributed by atoms with Gasteiger partial charge in [-0.3, -0.25) is 14.3 Å². The Balaban J connectivity index is 1.43. The molecular weight excluding hydrogens is 408 g/mol. The number of imidazole rings is 1. The zero-order chi connectivity index (χ0) is 22.5. The Labute approximate surface area is 185 Å². The molecule has 0 aliphatic rings. The summed E-state index contributed by atoms with van der Waals surface area (Å²) in [6, 6.07) is 12.5. The number of ether oxygens (including phenoxy) is 1. The van der Waals surface area contributed by atoms with Crippen molar-refractivity contribution >= 4 is 23.1 Å². The van der Waals surface area contributed by atoms with Gasteiger partial charge in [0.25, 0.3) is 0 Å². The normalized spacial score (nSPS) is 11.8. The molecule has 0 radical (unpaired) electrons. The van der Waals surface area contributed by atoms with Gasteiger partial charge in [-0.1, -0.05) is 18.2 Å². The summed E-state index contributed by atoms with van der Waals surface area (Å²) >= 11 is 0. The number of hydrogen-bond donors (Lipinski definition) is 2. The van der Waals surface area contributed by atoms with Crippen LogP contribution < -0.4 is 15.4 Å². The van der Waals surface area contributed by atoms with E-state index in [-0.39, 0.29) is 11.8 Å². The van der Waals surface area contributed by atoms with Crippen molar-refractivity contribution in [3.63, 3.8) is 0 Å². The monoisotopic (exact) mass is 432 g/mol. The second-order valence-corrected chi connectivity index (χ2v) is 7.42. The van der Waals surface area contributed by atoms with E-state index in [2.05, 4.69) is 20.7 Å². The van der Waals surface area contributed by atoms with Gasteiger partial charge < -0.3 is 19.8 Å². The second kappa shape index (κ2) is 9.34. The van der Waals surface area contributed by atoms with Crippen LogP contribution in [0.15, 0.2) is 67.3 Å². The molecule has 4 rings (SSSR count). The minimum absolute atomic E-state index is 0.282. The van der Waals surface area contributed by atoms with Crippen LogP contribution in [0.2, 0.25) is 0 Å². The maximum atomic E-state index is 12.9. The van der Waals surface area contributed by atoms with E-state index < -0.39 is 6.04 Å². The number of carbonyl (C=O) groups is 2. The predicted octanol–water partition coefficient (Wildman–Crippen LogP) is 2.27. The molecule has 9 heteroatoms. The summed E-state index contributed by atoms with van der Waals surface area (Å²) in [5, 5.41) is 9.86. The summed E-state index contributed by atoms with van der Waals surface area (Å²) in [7, 11) is 1.58. The Hall–Kier alpha value is -4.14. The molecule has 1 unspecified atom stereocenters. The van der Waals surface area contributed by atoms with Crippen LogP contribution in [-0.2, 0) is 22.6 Å². The Morgan fingerprint density at radius 3 is 2.81 bits per heavy atom. The van der Waals surface area contributed by atoms with E-state index in [1.807, 2.05) is 59.3 Å². The van der Waals surface area contributed by atoms with Crippen LogP contribution in [-0.4, -0.2) is 44.1 Å². The lowest BCUT2D eigenvalue weighted by Crippen LogP contribution is -2.44. The quantitative estimate of drug-likeness (QED) is 0.445. The summed E-state index contributed by atoms with van der Waals surface area (Å²) < 4.78 is 8.88. The van der Waals surface area contributed by atoms with E-state index in [0.717, 1.165) is 16.9 Å². The molecule has 0 aliphatic carbocycles. The average molecular weight is 432 g/mol.